The van der Waals surface area contributed by atoms with Gasteiger partial charge in [-0.15, -0.1) is 0 Å². The molecule has 1 aromatic rings. The fourth-order valence-electron chi connectivity index (χ4n) is 1.36. The number of carboxylic acids is 1. The first-order valence-corrected chi connectivity index (χ1v) is 6.60. The molecule has 0 aliphatic heterocycles. The number of nitrogens with one attached hydrogen (secondary N) is 1. The van der Waals surface area contributed by atoms with Crippen LogP contribution >= 0.6 is 11.6 Å². The highest BCUT2D eigenvalue weighted by molar-refractivity contribution is 6.32. The van der Waals surface area contributed by atoms with Gasteiger partial charge in [0.15, 0.2) is 6.29 Å². The van der Waals surface area contributed by atoms with Gasteiger partial charge in [0.1, 0.15) is 11.8 Å². The van der Waals surface area contributed by atoms with Crippen LogP contribution in [0.2, 0.25) is 5.02 Å². The molecule has 0 fully saturated rings. The smallest absolute Gasteiger partial charge is 0.323 e. The second kappa shape index (κ2) is 11.0. The van der Waals surface area contributed by atoms with Gasteiger partial charge in [0, 0.05) is 0 Å². The average molecular weight is 319 g/mol. The first-order valence-electron chi connectivity index (χ1n) is 6.23. The molecule has 1 rings (SSSR count). The summed E-state index contributed by atoms with van der Waals surface area (Å²) < 4.78 is 0. The molecule has 0 aliphatic rings. The molecule has 1 aromatic carbocycles. The molecule has 0 heterocycles. The van der Waals surface area contributed by atoms with Crippen molar-refractivity contribution >= 4 is 23.9 Å². The van der Waals surface area contributed by atoms with E-state index in [1.807, 2.05) is 0 Å². The van der Waals surface area contributed by atoms with Gasteiger partial charge in [0.2, 0.25) is 0 Å². The summed E-state index contributed by atoms with van der Waals surface area (Å²) in [6.07, 6.45) is 2.46. The van der Waals surface area contributed by atoms with Gasteiger partial charge >= 0.3 is 5.97 Å². The van der Waals surface area contributed by atoms with Gasteiger partial charge in [-0.1, -0.05) is 17.7 Å². The molecule has 0 saturated carbocycles. The van der Waals surface area contributed by atoms with Crippen molar-refractivity contribution in [3.05, 3.63) is 28.8 Å². The number of phenols is 1. The van der Waals surface area contributed by atoms with E-state index < -0.39 is 12.0 Å². The number of phenolic OH excluding ortho intramolecular Hbond substituents is 1. The molecule has 7 nitrogen and oxygen atoms in total. The molecule has 0 radical (unpaired) electrons. The molecule has 0 saturated heterocycles. The normalized spacial score (nSPS) is 11.2. The molecular formula is C13H19ClN2O5. The summed E-state index contributed by atoms with van der Waals surface area (Å²) in [5, 5.41) is 26.0. The van der Waals surface area contributed by atoms with Crippen molar-refractivity contribution < 1.29 is 25.0 Å². The number of aromatic hydroxyl groups is 1. The first-order chi connectivity index (χ1) is 9.97. The van der Waals surface area contributed by atoms with E-state index in [4.69, 9.17) is 32.8 Å². The number of rotatable bonds is 7. The Morgan fingerprint density at radius 2 is 2.10 bits per heavy atom. The number of halogens is 1. The molecule has 0 spiro atoms. The van der Waals surface area contributed by atoms with Gasteiger partial charge in [-0.25, -0.2) is 0 Å². The van der Waals surface area contributed by atoms with E-state index in [0.717, 1.165) is 6.42 Å². The number of benzene rings is 1. The van der Waals surface area contributed by atoms with Crippen molar-refractivity contribution in [3.8, 4) is 5.75 Å². The number of nitrogens with two attached hydrogens (primary N) is 1. The minimum atomic E-state index is -1.04. The van der Waals surface area contributed by atoms with E-state index in [9.17, 15) is 9.59 Å². The van der Waals surface area contributed by atoms with E-state index in [-0.39, 0.29) is 16.3 Å². The number of aliphatic carboxylic acids is 1. The van der Waals surface area contributed by atoms with Crippen LogP contribution in [-0.2, 0) is 4.79 Å². The predicted molar refractivity (Wildman–Crippen MR) is 77.8 cm³/mol. The summed E-state index contributed by atoms with van der Waals surface area (Å²) in [6.45, 7) is 0.553. The van der Waals surface area contributed by atoms with Crippen LogP contribution in [0.25, 0.3) is 0 Å². The summed E-state index contributed by atoms with van der Waals surface area (Å²) in [6, 6.07) is 3.76. The Morgan fingerprint density at radius 3 is 2.52 bits per heavy atom. The minimum absolute atomic E-state index is 0.154. The monoisotopic (exact) mass is 318 g/mol. The van der Waals surface area contributed by atoms with Gasteiger partial charge in [0.25, 0.3) is 0 Å². The molecule has 1 atom stereocenters. The molecule has 0 unspecified atom stereocenters. The number of carbonyl (C=O) groups excluding carboxylic acids is 1. The molecule has 0 aliphatic carbocycles. The molecule has 21 heavy (non-hydrogen) atoms. The summed E-state index contributed by atoms with van der Waals surface area (Å²) in [4.78, 5) is 20.4. The van der Waals surface area contributed by atoms with Crippen molar-refractivity contribution in [3.63, 3.8) is 0 Å². The standard InChI is InChI=1S/C7H5ClO2.C6H14N2O3/c8-6-3-1-2-5(4-9)7(6)10;7-4-2-1-3-5(8-11)6(9)10/h1-4,10H;5,8,11H,1-4,7H2,(H,9,10)/t;5-/m.0/s1. The van der Waals surface area contributed by atoms with Crippen molar-refractivity contribution in [1.29, 1.82) is 0 Å². The van der Waals surface area contributed by atoms with Crippen molar-refractivity contribution in [2.24, 2.45) is 5.73 Å². The summed E-state index contributed by atoms with van der Waals surface area (Å²) in [5.74, 6) is -1.19. The number of carbonyl (C=O) groups is 2. The minimum Gasteiger partial charge on any atom is -0.506 e. The third-order valence-electron chi connectivity index (χ3n) is 2.55. The van der Waals surface area contributed by atoms with Crippen LogP contribution in [0.15, 0.2) is 18.2 Å². The second-order valence-corrected chi connectivity index (χ2v) is 4.51. The summed E-state index contributed by atoms with van der Waals surface area (Å²) >= 11 is 5.48. The highest BCUT2D eigenvalue weighted by atomic mass is 35.5. The van der Waals surface area contributed by atoms with E-state index >= 15 is 0 Å². The lowest BCUT2D eigenvalue weighted by Crippen LogP contribution is -2.34. The lowest BCUT2D eigenvalue weighted by Gasteiger charge is -2.08. The van der Waals surface area contributed by atoms with Gasteiger partial charge < -0.3 is 21.2 Å². The highest BCUT2D eigenvalue weighted by Crippen LogP contribution is 2.25. The zero-order valence-corrected chi connectivity index (χ0v) is 12.1. The van der Waals surface area contributed by atoms with Crippen molar-refractivity contribution in [2.75, 3.05) is 6.54 Å². The van der Waals surface area contributed by atoms with Gasteiger partial charge in [0.05, 0.1) is 10.6 Å². The summed E-state index contributed by atoms with van der Waals surface area (Å²) in [5.41, 5.74) is 7.14. The van der Waals surface area contributed by atoms with Crippen LogP contribution in [0.3, 0.4) is 0 Å². The van der Waals surface area contributed by atoms with E-state index in [1.165, 1.54) is 12.1 Å². The predicted octanol–water partition coefficient (Wildman–Crippen LogP) is 1.41. The number of unbranched alkanes of at least 4 members (excludes halogenated alkanes) is 1. The molecule has 8 heteroatoms. The maximum atomic E-state index is 10.3. The average Bonchev–Trinajstić information content (AvgIpc) is 2.47. The fraction of sp³-hybridized carbons (Fsp3) is 0.385. The fourth-order valence-corrected chi connectivity index (χ4v) is 1.55. The van der Waals surface area contributed by atoms with Gasteiger partial charge in [-0.2, -0.15) is 5.48 Å². The van der Waals surface area contributed by atoms with Crippen LogP contribution < -0.4 is 11.2 Å². The second-order valence-electron chi connectivity index (χ2n) is 4.10. The maximum Gasteiger partial charge on any atom is 0.323 e. The molecule has 0 amide bonds. The van der Waals surface area contributed by atoms with E-state index in [1.54, 1.807) is 11.5 Å². The van der Waals surface area contributed by atoms with Crippen LogP contribution in [-0.4, -0.2) is 40.3 Å². The third kappa shape index (κ3) is 7.62. The van der Waals surface area contributed by atoms with Crippen molar-refractivity contribution in [2.45, 2.75) is 25.3 Å². The number of hydrogen-bond acceptors (Lipinski definition) is 6. The Morgan fingerprint density at radius 1 is 1.43 bits per heavy atom. The lowest BCUT2D eigenvalue weighted by atomic mass is 10.1. The topological polar surface area (TPSA) is 133 Å². The Bertz CT molecular complexity index is 456. The van der Waals surface area contributed by atoms with Crippen LogP contribution in [0.1, 0.15) is 29.6 Å². The molecule has 0 bridgehead atoms. The Kier molecular flexibility index (Phi) is 10.2. The van der Waals surface area contributed by atoms with Gasteiger partial charge in [-0.05, 0) is 37.9 Å². The van der Waals surface area contributed by atoms with Crippen LogP contribution in [0, 0.1) is 0 Å². The molecule has 6 N–H and O–H groups in total. The van der Waals surface area contributed by atoms with Gasteiger partial charge in [-0.3, -0.25) is 9.59 Å². The number of para-hydroxylation sites is 1. The van der Waals surface area contributed by atoms with E-state index in [2.05, 4.69) is 0 Å². The first kappa shape index (κ1) is 19.3. The number of carboxylic acid groups (broad SMARTS) is 1. The van der Waals surface area contributed by atoms with Crippen LogP contribution in [0.5, 0.6) is 5.75 Å². The Labute approximate surface area is 127 Å². The Balaban J connectivity index is 0.000000382. The number of hydrogen-bond donors (Lipinski definition) is 5. The Hall–Kier alpha value is -1.67. The maximum absolute atomic E-state index is 10.3. The van der Waals surface area contributed by atoms with Crippen LogP contribution in [0.4, 0.5) is 0 Å². The zero-order chi connectivity index (χ0) is 16.3. The SMILES string of the molecule is NCCCC[C@H](NO)C(=O)O.O=Cc1cccc(Cl)c1O. The molecule has 0 aromatic heterocycles. The quantitative estimate of drug-likeness (QED) is 0.291. The third-order valence-corrected chi connectivity index (χ3v) is 2.85. The number of hydroxylamine groups is 1. The van der Waals surface area contributed by atoms with E-state index in [0.29, 0.717) is 25.7 Å². The molecule has 118 valence electrons. The highest BCUT2D eigenvalue weighted by Gasteiger charge is 2.14. The lowest BCUT2D eigenvalue weighted by molar-refractivity contribution is -0.142. The summed E-state index contributed by atoms with van der Waals surface area (Å²) in [7, 11) is 0. The zero-order valence-electron chi connectivity index (χ0n) is 11.3. The van der Waals surface area contributed by atoms with Crippen molar-refractivity contribution in [1.82, 2.24) is 5.48 Å². The largest absolute Gasteiger partial charge is 0.506 e. The number of aldehydes is 1. The molecular weight excluding hydrogens is 300 g/mol.